The maximum absolute atomic E-state index is 14.5. The first-order valence-corrected chi connectivity index (χ1v) is 9.53. The van der Waals surface area contributed by atoms with Crippen molar-refractivity contribution in [2.45, 2.75) is 45.1 Å². The fourth-order valence-corrected chi connectivity index (χ4v) is 3.57. The molecule has 30 heavy (non-hydrogen) atoms. The molecule has 2 aromatic carbocycles. The second-order valence-corrected chi connectivity index (χ2v) is 7.27. The summed E-state index contributed by atoms with van der Waals surface area (Å²) in [6, 6.07) is 2.53. The third-order valence-corrected chi connectivity index (χ3v) is 5.17. The Balaban J connectivity index is 1.85. The van der Waals surface area contributed by atoms with Crippen molar-refractivity contribution in [3.8, 4) is 16.9 Å². The predicted molar refractivity (Wildman–Crippen MR) is 97.6 cm³/mol. The van der Waals surface area contributed by atoms with Crippen LogP contribution in [0.15, 0.2) is 35.9 Å². The average molecular weight is 432 g/mol. The van der Waals surface area contributed by atoms with Gasteiger partial charge in [-0.25, -0.2) is 17.6 Å². The van der Waals surface area contributed by atoms with Gasteiger partial charge in [-0.15, -0.1) is 0 Å². The van der Waals surface area contributed by atoms with Gasteiger partial charge in [-0.2, -0.15) is 13.2 Å². The molecular weight excluding hydrogens is 413 g/mol. The second-order valence-electron chi connectivity index (χ2n) is 7.27. The summed E-state index contributed by atoms with van der Waals surface area (Å²) >= 11 is 0. The standard InChI is InChI=1S/C22H19F7O/c1-2-3-12-4-6-14(7-5-12)22(28,29)30-18-9-8-15(19(25)21(18)27)13-10-16(23)20(26)17(24)11-13/h6,8-12H,2-5,7H2,1H3. The van der Waals surface area contributed by atoms with Crippen molar-refractivity contribution in [3.05, 3.63) is 65.0 Å². The van der Waals surface area contributed by atoms with E-state index in [1.807, 2.05) is 6.92 Å². The molecule has 1 nitrogen and oxygen atoms in total. The van der Waals surface area contributed by atoms with E-state index in [4.69, 9.17) is 0 Å². The number of benzene rings is 2. The highest BCUT2D eigenvalue weighted by atomic mass is 19.3. The number of halogens is 7. The maximum Gasteiger partial charge on any atom is 0.422 e. The summed E-state index contributed by atoms with van der Waals surface area (Å²) < 4.78 is 102. The van der Waals surface area contributed by atoms with E-state index in [0.29, 0.717) is 30.9 Å². The van der Waals surface area contributed by atoms with E-state index < -0.39 is 52.1 Å². The molecule has 0 radical (unpaired) electrons. The fourth-order valence-electron chi connectivity index (χ4n) is 3.57. The molecule has 3 rings (SSSR count). The predicted octanol–water partition coefficient (Wildman–Crippen LogP) is 7.55. The molecule has 1 aliphatic carbocycles. The van der Waals surface area contributed by atoms with Gasteiger partial charge in [-0.05, 0) is 55.0 Å². The number of alkyl halides is 2. The molecule has 0 amide bonds. The first kappa shape index (κ1) is 22.2. The Morgan fingerprint density at radius 2 is 1.63 bits per heavy atom. The zero-order valence-electron chi connectivity index (χ0n) is 16.1. The molecule has 1 aliphatic rings. The fraction of sp³-hybridized carbons (Fsp3) is 0.364. The van der Waals surface area contributed by atoms with Crippen molar-refractivity contribution in [1.82, 2.24) is 0 Å². The Labute approximate surface area is 169 Å². The first-order chi connectivity index (χ1) is 14.1. The van der Waals surface area contributed by atoms with Crippen LogP contribution in [0.25, 0.3) is 11.1 Å². The molecule has 0 aromatic heterocycles. The lowest BCUT2D eigenvalue weighted by molar-refractivity contribution is -0.147. The van der Waals surface area contributed by atoms with Crippen molar-refractivity contribution in [1.29, 1.82) is 0 Å². The van der Waals surface area contributed by atoms with Gasteiger partial charge in [0.15, 0.2) is 29.0 Å². The van der Waals surface area contributed by atoms with Crippen LogP contribution in [-0.2, 0) is 0 Å². The molecule has 1 atom stereocenters. The number of ether oxygens (including phenoxy) is 1. The highest BCUT2D eigenvalue weighted by Gasteiger charge is 2.39. The van der Waals surface area contributed by atoms with Gasteiger partial charge >= 0.3 is 6.11 Å². The Morgan fingerprint density at radius 3 is 2.20 bits per heavy atom. The van der Waals surface area contributed by atoms with E-state index in [2.05, 4.69) is 4.74 Å². The lowest BCUT2D eigenvalue weighted by atomic mass is 9.86. The maximum atomic E-state index is 14.5. The van der Waals surface area contributed by atoms with Crippen LogP contribution in [0.2, 0.25) is 0 Å². The molecule has 0 aliphatic heterocycles. The minimum Gasteiger partial charge on any atom is -0.426 e. The molecular formula is C22H19F7O. The average Bonchev–Trinajstić information content (AvgIpc) is 2.70. The van der Waals surface area contributed by atoms with Gasteiger partial charge in [0.2, 0.25) is 5.82 Å². The second kappa shape index (κ2) is 8.70. The Hall–Kier alpha value is -2.51. The minimum absolute atomic E-state index is 0.0774. The molecule has 0 saturated carbocycles. The van der Waals surface area contributed by atoms with Crippen LogP contribution in [0, 0.1) is 35.0 Å². The number of rotatable bonds is 6. The van der Waals surface area contributed by atoms with Crippen LogP contribution < -0.4 is 4.74 Å². The molecule has 0 bridgehead atoms. The summed E-state index contributed by atoms with van der Waals surface area (Å²) in [4.78, 5) is 0. The SMILES string of the molecule is CCCC1CC=C(C(F)(F)Oc2ccc(-c3cc(F)c(F)c(F)c3)c(F)c2F)CC1. The Bertz CT molecular complexity index is 945. The van der Waals surface area contributed by atoms with Crippen molar-refractivity contribution >= 4 is 0 Å². The smallest absolute Gasteiger partial charge is 0.422 e. The van der Waals surface area contributed by atoms with Crippen LogP contribution in [-0.4, -0.2) is 6.11 Å². The molecule has 0 fully saturated rings. The summed E-state index contributed by atoms with van der Waals surface area (Å²) in [6.07, 6.45) is 0.488. The largest absolute Gasteiger partial charge is 0.426 e. The van der Waals surface area contributed by atoms with Crippen LogP contribution in [0.5, 0.6) is 5.75 Å². The van der Waals surface area contributed by atoms with Gasteiger partial charge < -0.3 is 4.74 Å². The van der Waals surface area contributed by atoms with E-state index in [-0.39, 0.29) is 12.0 Å². The molecule has 0 heterocycles. The van der Waals surface area contributed by atoms with Crippen molar-refractivity contribution < 1.29 is 35.5 Å². The lowest BCUT2D eigenvalue weighted by Gasteiger charge is -2.27. The highest BCUT2D eigenvalue weighted by molar-refractivity contribution is 5.65. The monoisotopic (exact) mass is 432 g/mol. The van der Waals surface area contributed by atoms with Gasteiger partial charge in [0.25, 0.3) is 0 Å². The normalized spacial score (nSPS) is 17.1. The summed E-state index contributed by atoms with van der Waals surface area (Å²) in [7, 11) is 0. The van der Waals surface area contributed by atoms with Gasteiger partial charge in [-0.1, -0.05) is 25.8 Å². The highest BCUT2D eigenvalue weighted by Crippen LogP contribution is 2.39. The van der Waals surface area contributed by atoms with E-state index in [0.717, 1.165) is 25.0 Å². The van der Waals surface area contributed by atoms with Crippen LogP contribution in [0.4, 0.5) is 30.7 Å². The van der Waals surface area contributed by atoms with Crippen molar-refractivity contribution in [2.24, 2.45) is 5.92 Å². The minimum atomic E-state index is -3.83. The van der Waals surface area contributed by atoms with Gasteiger partial charge in [-0.3, -0.25) is 0 Å². The molecule has 162 valence electrons. The molecule has 0 saturated heterocycles. The zero-order chi connectivity index (χ0) is 22.1. The number of hydrogen-bond acceptors (Lipinski definition) is 1. The summed E-state index contributed by atoms with van der Waals surface area (Å²) in [5, 5.41) is 0. The quantitative estimate of drug-likeness (QED) is 0.260. The topological polar surface area (TPSA) is 9.23 Å². The third-order valence-electron chi connectivity index (χ3n) is 5.17. The van der Waals surface area contributed by atoms with E-state index in [1.54, 1.807) is 0 Å². The lowest BCUT2D eigenvalue weighted by Crippen LogP contribution is -2.30. The van der Waals surface area contributed by atoms with Crippen molar-refractivity contribution in [3.63, 3.8) is 0 Å². The Morgan fingerprint density at radius 1 is 0.967 bits per heavy atom. The van der Waals surface area contributed by atoms with Crippen LogP contribution in [0.3, 0.4) is 0 Å². The van der Waals surface area contributed by atoms with E-state index >= 15 is 0 Å². The third kappa shape index (κ3) is 4.47. The van der Waals surface area contributed by atoms with E-state index in [9.17, 15) is 30.7 Å². The zero-order valence-corrected chi connectivity index (χ0v) is 16.1. The van der Waals surface area contributed by atoms with Gasteiger partial charge in [0.05, 0.1) is 0 Å². The van der Waals surface area contributed by atoms with Gasteiger partial charge in [0, 0.05) is 11.1 Å². The van der Waals surface area contributed by atoms with Crippen molar-refractivity contribution in [2.75, 3.05) is 0 Å². The van der Waals surface area contributed by atoms with Crippen LogP contribution in [0.1, 0.15) is 39.0 Å². The van der Waals surface area contributed by atoms with Gasteiger partial charge in [0.1, 0.15) is 0 Å². The molecule has 0 spiro atoms. The number of allylic oxidation sites excluding steroid dienone is 1. The summed E-state index contributed by atoms with van der Waals surface area (Å²) in [5.41, 5.74) is -1.42. The molecule has 0 N–H and O–H groups in total. The molecule has 1 unspecified atom stereocenters. The summed E-state index contributed by atoms with van der Waals surface area (Å²) in [5.74, 6) is -9.07. The van der Waals surface area contributed by atoms with Crippen LogP contribution >= 0.6 is 0 Å². The molecule has 2 aromatic rings. The first-order valence-electron chi connectivity index (χ1n) is 9.53. The number of hydrogen-bond donors (Lipinski definition) is 0. The molecule has 8 heteroatoms. The Kier molecular flexibility index (Phi) is 6.43. The van der Waals surface area contributed by atoms with E-state index in [1.165, 1.54) is 6.08 Å². The summed E-state index contributed by atoms with van der Waals surface area (Å²) in [6.45, 7) is 2.01.